The Morgan fingerprint density at radius 3 is 2.81 bits per heavy atom. The molecule has 106 valence electrons. The Morgan fingerprint density at radius 2 is 2.05 bits per heavy atom. The van der Waals surface area contributed by atoms with Gasteiger partial charge in [-0.1, -0.05) is 41.9 Å². The molecule has 0 saturated heterocycles. The molecule has 0 aliphatic rings. The van der Waals surface area contributed by atoms with Crippen molar-refractivity contribution in [2.45, 2.75) is 12.3 Å². The van der Waals surface area contributed by atoms with Crippen LogP contribution in [0.5, 0.6) is 0 Å². The van der Waals surface area contributed by atoms with E-state index in [9.17, 15) is 9.90 Å². The highest BCUT2D eigenvalue weighted by Crippen LogP contribution is 2.32. The second kappa shape index (κ2) is 5.84. The summed E-state index contributed by atoms with van der Waals surface area (Å²) in [6.45, 7) is 0. The van der Waals surface area contributed by atoms with E-state index in [0.717, 1.165) is 21.3 Å². The van der Waals surface area contributed by atoms with Gasteiger partial charge in [-0.05, 0) is 41.7 Å². The number of halogens is 1. The van der Waals surface area contributed by atoms with Gasteiger partial charge in [0, 0.05) is 15.3 Å². The summed E-state index contributed by atoms with van der Waals surface area (Å²) < 4.78 is 4.33. The molecule has 0 bridgehead atoms. The molecule has 5 heteroatoms. The molecule has 0 radical (unpaired) electrons. The zero-order valence-corrected chi connectivity index (χ0v) is 12.6. The maximum absolute atomic E-state index is 11.7. The predicted octanol–water partition coefficient (Wildman–Crippen LogP) is 4.36. The third-order valence-electron chi connectivity index (χ3n) is 3.36. The van der Waals surface area contributed by atoms with E-state index in [1.165, 1.54) is 11.5 Å². The van der Waals surface area contributed by atoms with Gasteiger partial charge in [0.15, 0.2) is 0 Å². The number of benzene rings is 2. The monoisotopic (exact) mass is 317 g/mol. The number of hydrogen-bond donors (Lipinski definition) is 1. The average molecular weight is 318 g/mol. The minimum atomic E-state index is -0.843. The number of nitrogens with zero attached hydrogens (tertiary/aromatic N) is 1. The van der Waals surface area contributed by atoms with Crippen molar-refractivity contribution in [2.24, 2.45) is 0 Å². The summed E-state index contributed by atoms with van der Waals surface area (Å²) >= 11 is 7.23. The van der Waals surface area contributed by atoms with Gasteiger partial charge in [-0.3, -0.25) is 4.79 Å². The van der Waals surface area contributed by atoms with Crippen molar-refractivity contribution in [2.75, 3.05) is 0 Å². The van der Waals surface area contributed by atoms with Crippen LogP contribution in [-0.2, 0) is 11.2 Å². The van der Waals surface area contributed by atoms with Crippen molar-refractivity contribution in [3.63, 3.8) is 0 Å². The molecule has 3 nitrogen and oxygen atoms in total. The van der Waals surface area contributed by atoms with Crippen LogP contribution in [-0.4, -0.2) is 15.4 Å². The summed E-state index contributed by atoms with van der Waals surface area (Å²) in [5.74, 6) is -1.45. The van der Waals surface area contributed by atoms with Crippen LogP contribution >= 0.6 is 23.1 Å². The first-order chi connectivity index (χ1) is 10.1. The third-order valence-corrected chi connectivity index (χ3v) is 4.58. The van der Waals surface area contributed by atoms with Crippen LogP contribution in [0, 0.1) is 0 Å². The highest BCUT2D eigenvalue weighted by atomic mass is 35.5. The van der Waals surface area contributed by atoms with Crippen LogP contribution in [0.1, 0.15) is 16.4 Å². The zero-order valence-electron chi connectivity index (χ0n) is 11.0. The second-order valence-corrected chi connectivity index (χ2v) is 6.03. The van der Waals surface area contributed by atoms with Crippen LogP contribution in [0.2, 0.25) is 5.02 Å². The Labute approximate surface area is 131 Å². The van der Waals surface area contributed by atoms with Crippen LogP contribution in [0.4, 0.5) is 0 Å². The van der Waals surface area contributed by atoms with E-state index in [1.807, 2.05) is 36.4 Å². The van der Waals surface area contributed by atoms with Crippen LogP contribution < -0.4 is 0 Å². The molecule has 1 unspecified atom stereocenters. The molecule has 0 fully saturated rings. The van der Waals surface area contributed by atoms with Crippen LogP contribution in [0.25, 0.3) is 10.9 Å². The lowest BCUT2D eigenvalue weighted by atomic mass is 9.96. The predicted molar refractivity (Wildman–Crippen MR) is 85.2 cm³/mol. The molecule has 1 N–H and O–H groups in total. The average Bonchev–Trinajstić information content (AvgIpc) is 2.88. The summed E-state index contributed by atoms with van der Waals surface area (Å²) in [4.78, 5) is 12.5. The first-order valence-electron chi connectivity index (χ1n) is 6.46. The van der Waals surface area contributed by atoms with Gasteiger partial charge in [-0.2, -0.15) is 4.37 Å². The van der Waals surface area contributed by atoms with Gasteiger partial charge in [0.05, 0.1) is 11.4 Å². The summed E-state index contributed by atoms with van der Waals surface area (Å²) in [5.41, 5.74) is 1.75. The molecular formula is C16H12ClNO2S. The van der Waals surface area contributed by atoms with Crippen LogP contribution in [0.15, 0.2) is 48.5 Å². The van der Waals surface area contributed by atoms with Crippen LogP contribution in [0.3, 0.4) is 0 Å². The van der Waals surface area contributed by atoms with Gasteiger partial charge < -0.3 is 5.11 Å². The fourth-order valence-corrected chi connectivity index (χ4v) is 3.50. The van der Waals surface area contributed by atoms with E-state index < -0.39 is 11.9 Å². The summed E-state index contributed by atoms with van der Waals surface area (Å²) in [7, 11) is 0. The number of rotatable bonds is 4. The Balaban J connectivity index is 2.00. The molecule has 0 saturated carbocycles. The standard InChI is InChI=1S/C16H12ClNO2S/c17-11-5-3-4-10(8-11)9-13(16(19)20)15-12-6-1-2-7-14(12)18-21-15/h1-8,13H,9H2,(H,19,20). The summed E-state index contributed by atoms with van der Waals surface area (Å²) in [6.07, 6.45) is 0.405. The van der Waals surface area contributed by atoms with E-state index in [-0.39, 0.29) is 0 Å². The fraction of sp³-hybridized carbons (Fsp3) is 0.125. The highest BCUT2D eigenvalue weighted by molar-refractivity contribution is 7.07. The van der Waals surface area contributed by atoms with Gasteiger partial charge in [0.2, 0.25) is 0 Å². The summed E-state index contributed by atoms with van der Waals surface area (Å²) in [5, 5.41) is 11.1. The van der Waals surface area contributed by atoms with Gasteiger partial charge in [0.1, 0.15) is 0 Å². The normalized spacial score (nSPS) is 12.4. The highest BCUT2D eigenvalue weighted by Gasteiger charge is 2.24. The Bertz CT molecular complexity index is 800. The Hall–Kier alpha value is -1.91. The number of hydrogen-bond acceptors (Lipinski definition) is 3. The van der Waals surface area contributed by atoms with Crippen molar-refractivity contribution in [1.29, 1.82) is 0 Å². The zero-order chi connectivity index (χ0) is 14.8. The van der Waals surface area contributed by atoms with E-state index in [0.29, 0.717) is 11.4 Å². The molecule has 0 aliphatic heterocycles. The first-order valence-corrected chi connectivity index (χ1v) is 7.62. The second-order valence-electron chi connectivity index (χ2n) is 4.79. The fourth-order valence-electron chi connectivity index (χ4n) is 2.35. The molecule has 0 spiro atoms. The number of carboxylic acids is 1. The van der Waals surface area contributed by atoms with Crippen molar-refractivity contribution in [3.8, 4) is 0 Å². The molecule has 0 aliphatic carbocycles. The smallest absolute Gasteiger partial charge is 0.312 e. The number of aliphatic carboxylic acids is 1. The van der Waals surface area contributed by atoms with E-state index in [4.69, 9.17) is 11.6 Å². The van der Waals surface area contributed by atoms with Crippen molar-refractivity contribution >= 4 is 40.0 Å². The maximum atomic E-state index is 11.7. The number of carboxylic acid groups (broad SMARTS) is 1. The largest absolute Gasteiger partial charge is 0.481 e. The SMILES string of the molecule is O=C(O)C(Cc1cccc(Cl)c1)c1snc2ccccc12. The molecule has 1 heterocycles. The minimum absolute atomic E-state index is 0.405. The molecule has 0 amide bonds. The van der Waals surface area contributed by atoms with Gasteiger partial charge in [-0.25, -0.2) is 0 Å². The van der Waals surface area contributed by atoms with Crippen molar-refractivity contribution in [1.82, 2.24) is 4.37 Å². The lowest BCUT2D eigenvalue weighted by Gasteiger charge is -2.11. The Morgan fingerprint density at radius 1 is 1.24 bits per heavy atom. The van der Waals surface area contributed by atoms with Gasteiger partial charge in [0.25, 0.3) is 0 Å². The first kappa shape index (κ1) is 14.0. The minimum Gasteiger partial charge on any atom is -0.481 e. The molecule has 1 atom stereocenters. The molecule has 21 heavy (non-hydrogen) atoms. The molecule has 1 aromatic heterocycles. The van der Waals surface area contributed by atoms with Crippen molar-refractivity contribution < 1.29 is 9.90 Å². The van der Waals surface area contributed by atoms with E-state index >= 15 is 0 Å². The van der Waals surface area contributed by atoms with E-state index in [2.05, 4.69) is 4.37 Å². The lowest BCUT2D eigenvalue weighted by molar-refractivity contribution is -0.138. The Kier molecular flexibility index (Phi) is 3.90. The van der Waals surface area contributed by atoms with E-state index in [1.54, 1.807) is 12.1 Å². The molecular weight excluding hydrogens is 306 g/mol. The molecule has 3 aromatic rings. The van der Waals surface area contributed by atoms with Gasteiger partial charge >= 0.3 is 5.97 Å². The maximum Gasteiger partial charge on any atom is 0.312 e. The topological polar surface area (TPSA) is 50.2 Å². The quantitative estimate of drug-likeness (QED) is 0.777. The number of fused-ring (bicyclic) bond motifs is 1. The lowest BCUT2D eigenvalue weighted by Crippen LogP contribution is -2.13. The number of aromatic nitrogens is 1. The van der Waals surface area contributed by atoms with Gasteiger partial charge in [-0.15, -0.1) is 0 Å². The molecule has 3 rings (SSSR count). The summed E-state index contributed by atoms with van der Waals surface area (Å²) in [6, 6.07) is 14.9. The van der Waals surface area contributed by atoms with Crippen molar-refractivity contribution in [3.05, 3.63) is 64.0 Å². The third kappa shape index (κ3) is 2.91. The number of carbonyl (C=O) groups is 1. The molecule has 2 aromatic carbocycles.